The van der Waals surface area contributed by atoms with Crippen molar-refractivity contribution in [2.45, 2.75) is 25.4 Å². The van der Waals surface area contributed by atoms with Crippen LogP contribution in [0.5, 0.6) is 0 Å². The molecule has 9 nitrogen and oxygen atoms in total. The lowest BCUT2D eigenvalue weighted by molar-refractivity contribution is -0.140. The third-order valence-corrected chi connectivity index (χ3v) is 3.75. The lowest BCUT2D eigenvalue weighted by Gasteiger charge is -2.22. The van der Waals surface area contributed by atoms with Gasteiger partial charge in [-0.15, -0.1) is 0 Å². The quantitative estimate of drug-likeness (QED) is 0.362. The largest absolute Gasteiger partial charge is 0.348 e. The Morgan fingerprint density at radius 3 is 2.26 bits per heavy atom. The van der Waals surface area contributed by atoms with E-state index < -0.39 is 36.2 Å². The minimum atomic E-state index is -0.985. The number of hydrogen-bond acceptors (Lipinski definition) is 5. The van der Waals surface area contributed by atoms with Gasteiger partial charge in [-0.2, -0.15) is 0 Å². The highest BCUT2D eigenvalue weighted by Crippen LogP contribution is 2.14. The lowest BCUT2D eigenvalue weighted by Crippen LogP contribution is -2.48. The molecule has 1 rings (SSSR count). The number of nitrogens with zero attached hydrogens (tertiary/aromatic N) is 1. The van der Waals surface area contributed by atoms with Crippen molar-refractivity contribution < 1.29 is 24.0 Å². The summed E-state index contributed by atoms with van der Waals surface area (Å²) in [6.07, 6.45) is 0.577. The van der Waals surface area contributed by atoms with Crippen LogP contribution in [0.25, 0.3) is 0 Å². The molecule has 0 aliphatic rings. The maximum Gasteiger partial charge on any atom is 0.290 e. The monoisotopic (exact) mass is 376 g/mol. The molecule has 0 saturated carbocycles. The maximum atomic E-state index is 12.4. The molecule has 0 aliphatic carbocycles. The molecular weight excluding hydrogens is 352 g/mol. The van der Waals surface area contributed by atoms with Crippen molar-refractivity contribution in [3.63, 3.8) is 0 Å². The Labute approximate surface area is 157 Å². The van der Waals surface area contributed by atoms with Crippen LogP contribution >= 0.6 is 0 Å². The average molecular weight is 376 g/mol. The van der Waals surface area contributed by atoms with Gasteiger partial charge in [-0.25, -0.2) is 0 Å². The summed E-state index contributed by atoms with van der Waals surface area (Å²) >= 11 is 0. The summed E-state index contributed by atoms with van der Waals surface area (Å²) in [7, 11) is 3.13. The number of nitrogens with one attached hydrogen (secondary N) is 3. The Balaban J connectivity index is 2.72. The van der Waals surface area contributed by atoms with Crippen LogP contribution in [-0.4, -0.2) is 61.5 Å². The van der Waals surface area contributed by atoms with Crippen LogP contribution in [0.15, 0.2) is 30.3 Å². The second kappa shape index (κ2) is 10.7. The zero-order valence-electron chi connectivity index (χ0n) is 15.5. The molecule has 1 aromatic rings. The molecule has 0 spiro atoms. The summed E-state index contributed by atoms with van der Waals surface area (Å²) in [4.78, 5) is 60.1. The molecule has 2 unspecified atom stereocenters. The lowest BCUT2D eigenvalue weighted by atomic mass is 10.1. The molecule has 1 aromatic carbocycles. The van der Waals surface area contributed by atoms with Crippen LogP contribution in [0.2, 0.25) is 0 Å². The fourth-order valence-electron chi connectivity index (χ4n) is 2.27. The van der Waals surface area contributed by atoms with Crippen LogP contribution in [0, 0.1) is 0 Å². The number of carbonyl (C=O) groups excluding carboxylic acids is 5. The fraction of sp³-hybridized carbons (Fsp3) is 0.389. The SMILES string of the molecule is CCC(NC=O)C(=O)C(=O)NCC(=O)NC(C(=O)N(C)C)c1ccccc1. The second-order valence-electron chi connectivity index (χ2n) is 5.94. The van der Waals surface area contributed by atoms with E-state index in [1.807, 2.05) is 0 Å². The molecule has 0 aromatic heterocycles. The average Bonchev–Trinajstić information content (AvgIpc) is 2.67. The minimum Gasteiger partial charge on any atom is -0.348 e. The third kappa shape index (κ3) is 6.53. The first-order chi connectivity index (χ1) is 12.8. The molecule has 27 heavy (non-hydrogen) atoms. The van der Waals surface area contributed by atoms with Gasteiger partial charge in [0.05, 0.1) is 12.6 Å². The summed E-state index contributed by atoms with van der Waals surface area (Å²) < 4.78 is 0. The summed E-state index contributed by atoms with van der Waals surface area (Å²) in [6.45, 7) is 1.16. The van der Waals surface area contributed by atoms with Gasteiger partial charge in [-0.05, 0) is 12.0 Å². The van der Waals surface area contributed by atoms with E-state index in [9.17, 15) is 24.0 Å². The van der Waals surface area contributed by atoms with Gasteiger partial charge in [0.1, 0.15) is 6.04 Å². The molecule has 0 radical (unpaired) electrons. The van der Waals surface area contributed by atoms with Gasteiger partial charge in [0, 0.05) is 14.1 Å². The van der Waals surface area contributed by atoms with Crippen molar-refractivity contribution in [1.82, 2.24) is 20.9 Å². The zero-order valence-corrected chi connectivity index (χ0v) is 15.5. The predicted molar refractivity (Wildman–Crippen MR) is 97.3 cm³/mol. The molecule has 0 heterocycles. The number of hydrogen-bond donors (Lipinski definition) is 3. The van der Waals surface area contributed by atoms with Crippen LogP contribution in [0.3, 0.4) is 0 Å². The molecule has 146 valence electrons. The summed E-state index contributed by atoms with van der Waals surface area (Å²) in [6, 6.07) is 6.80. The minimum absolute atomic E-state index is 0.241. The van der Waals surface area contributed by atoms with Gasteiger partial charge in [-0.1, -0.05) is 37.3 Å². The van der Waals surface area contributed by atoms with Crippen LogP contribution in [0.1, 0.15) is 24.9 Å². The highest BCUT2D eigenvalue weighted by Gasteiger charge is 2.26. The van der Waals surface area contributed by atoms with Gasteiger partial charge in [0.25, 0.3) is 5.91 Å². The van der Waals surface area contributed by atoms with Gasteiger partial charge in [0.15, 0.2) is 0 Å². The van der Waals surface area contributed by atoms with Gasteiger partial charge < -0.3 is 20.9 Å². The van der Waals surface area contributed by atoms with Crippen molar-refractivity contribution in [2.75, 3.05) is 20.6 Å². The Hall–Kier alpha value is -3.23. The van der Waals surface area contributed by atoms with Gasteiger partial charge in [0.2, 0.25) is 24.0 Å². The van der Waals surface area contributed by atoms with Gasteiger partial charge >= 0.3 is 0 Å². The number of likely N-dealkylation sites (N-methyl/N-ethyl adjacent to an activating group) is 1. The number of benzene rings is 1. The standard InChI is InChI=1S/C18H24N4O5/c1-4-13(20-11-23)16(25)17(26)19-10-14(24)21-15(18(27)22(2)3)12-8-6-5-7-9-12/h5-9,11,13,15H,4,10H2,1-3H3,(H,19,26)(H,20,23)(H,21,24). The molecule has 0 fully saturated rings. The second-order valence-corrected chi connectivity index (χ2v) is 5.94. The fourth-order valence-corrected chi connectivity index (χ4v) is 2.27. The molecule has 0 aliphatic heterocycles. The molecular formula is C18H24N4O5. The van der Waals surface area contributed by atoms with E-state index in [1.54, 1.807) is 51.4 Å². The van der Waals surface area contributed by atoms with E-state index in [-0.39, 0.29) is 12.3 Å². The first-order valence-electron chi connectivity index (χ1n) is 8.39. The smallest absolute Gasteiger partial charge is 0.290 e. The van der Waals surface area contributed by atoms with Crippen molar-refractivity contribution in [1.29, 1.82) is 0 Å². The van der Waals surface area contributed by atoms with Gasteiger partial charge in [-0.3, -0.25) is 24.0 Å². The van der Waals surface area contributed by atoms with Crippen molar-refractivity contribution in [3.05, 3.63) is 35.9 Å². The van der Waals surface area contributed by atoms with Crippen LogP contribution < -0.4 is 16.0 Å². The summed E-state index contributed by atoms with van der Waals surface area (Å²) in [5, 5.41) is 6.99. The first kappa shape index (κ1) is 21.8. The van der Waals surface area contributed by atoms with E-state index in [2.05, 4.69) is 16.0 Å². The Morgan fingerprint density at radius 2 is 1.74 bits per heavy atom. The predicted octanol–water partition coefficient (Wildman–Crippen LogP) is -0.858. The Bertz CT molecular complexity index is 690. The molecule has 0 bridgehead atoms. The highest BCUT2D eigenvalue weighted by molar-refractivity contribution is 6.38. The molecule has 0 saturated heterocycles. The molecule has 4 amide bonds. The van der Waals surface area contributed by atoms with E-state index in [1.165, 1.54) is 4.90 Å². The summed E-state index contributed by atoms with van der Waals surface area (Å²) in [5.74, 6) is -2.79. The molecule has 9 heteroatoms. The normalized spacial score (nSPS) is 12.3. The zero-order chi connectivity index (χ0) is 20.4. The van der Waals surface area contributed by atoms with E-state index in [4.69, 9.17) is 0 Å². The Morgan fingerprint density at radius 1 is 1.11 bits per heavy atom. The highest BCUT2D eigenvalue weighted by atomic mass is 16.2. The number of rotatable bonds is 10. The van der Waals surface area contributed by atoms with Crippen LogP contribution in [-0.2, 0) is 24.0 Å². The number of carbonyl (C=O) groups is 5. The number of Topliss-reactive ketones (excluding diaryl/α,β-unsaturated/α-hetero) is 1. The van der Waals surface area contributed by atoms with Crippen molar-refractivity contribution >= 4 is 29.9 Å². The molecule has 3 N–H and O–H groups in total. The number of amides is 4. The van der Waals surface area contributed by atoms with E-state index in [0.29, 0.717) is 12.0 Å². The van der Waals surface area contributed by atoms with E-state index >= 15 is 0 Å². The topological polar surface area (TPSA) is 125 Å². The van der Waals surface area contributed by atoms with Crippen molar-refractivity contribution in [3.8, 4) is 0 Å². The maximum absolute atomic E-state index is 12.4. The van der Waals surface area contributed by atoms with E-state index in [0.717, 1.165) is 0 Å². The molecule has 2 atom stereocenters. The third-order valence-electron chi connectivity index (χ3n) is 3.75. The summed E-state index contributed by atoms with van der Waals surface area (Å²) in [5.41, 5.74) is 0.591. The number of ketones is 1. The van der Waals surface area contributed by atoms with Crippen molar-refractivity contribution in [2.24, 2.45) is 0 Å². The Kier molecular flexibility index (Phi) is 8.64. The van der Waals surface area contributed by atoms with Crippen LogP contribution in [0.4, 0.5) is 0 Å². The first-order valence-corrected chi connectivity index (χ1v) is 8.39.